The lowest BCUT2D eigenvalue weighted by molar-refractivity contribution is 0.228. The highest BCUT2D eigenvalue weighted by atomic mass is 16.3. The van der Waals surface area contributed by atoms with Crippen LogP contribution >= 0.6 is 0 Å². The summed E-state index contributed by atoms with van der Waals surface area (Å²) in [4.78, 5) is 0. The van der Waals surface area contributed by atoms with Crippen molar-refractivity contribution in [1.82, 2.24) is 5.32 Å². The Balaban J connectivity index is 1.65. The Labute approximate surface area is 110 Å². The van der Waals surface area contributed by atoms with Crippen LogP contribution < -0.4 is 5.32 Å². The van der Waals surface area contributed by atoms with Gasteiger partial charge in [-0.3, -0.25) is 0 Å². The largest absolute Gasteiger partial charge is 0.396 e. The van der Waals surface area contributed by atoms with Crippen molar-refractivity contribution < 1.29 is 5.11 Å². The Morgan fingerprint density at radius 1 is 1.39 bits per heavy atom. The molecule has 0 heterocycles. The third kappa shape index (κ3) is 4.43. The molecule has 0 saturated heterocycles. The van der Waals surface area contributed by atoms with Gasteiger partial charge in [-0.2, -0.15) is 0 Å². The zero-order valence-electron chi connectivity index (χ0n) is 11.4. The average Bonchev–Trinajstić information content (AvgIpc) is 3.23. The fourth-order valence-corrected chi connectivity index (χ4v) is 2.27. The van der Waals surface area contributed by atoms with E-state index >= 15 is 0 Å². The first-order chi connectivity index (χ1) is 8.79. The molecule has 2 N–H and O–H groups in total. The molecule has 2 nitrogen and oxygen atoms in total. The number of aliphatic hydroxyl groups excluding tert-OH is 1. The summed E-state index contributed by atoms with van der Waals surface area (Å²) >= 11 is 0. The van der Waals surface area contributed by atoms with Crippen molar-refractivity contribution in [2.75, 3.05) is 13.2 Å². The highest BCUT2D eigenvalue weighted by molar-refractivity contribution is 5.29. The molecule has 1 aliphatic carbocycles. The zero-order chi connectivity index (χ0) is 12.8. The summed E-state index contributed by atoms with van der Waals surface area (Å²) in [5, 5.41) is 12.4. The summed E-state index contributed by atoms with van der Waals surface area (Å²) < 4.78 is 0. The Hall–Kier alpha value is -0.860. The van der Waals surface area contributed by atoms with Crippen molar-refractivity contribution in [2.24, 2.45) is 5.92 Å². The molecule has 100 valence electrons. The van der Waals surface area contributed by atoms with Crippen LogP contribution in [0.5, 0.6) is 0 Å². The van der Waals surface area contributed by atoms with E-state index in [9.17, 15) is 0 Å². The van der Waals surface area contributed by atoms with Gasteiger partial charge in [0.25, 0.3) is 0 Å². The highest BCUT2D eigenvalue weighted by Gasteiger charge is 2.23. The Kier molecular flexibility index (Phi) is 5.21. The molecular formula is C16H25NO. The predicted molar refractivity (Wildman–Crippen MR) is 75.6 cm³/mol. The van der Waals surface area contributed by atoms with Gasteiger partial charge in [0.15, 0.2) is 0 Å². The van der Waals surface area contributed by atoms with E-state index in [1.807, 2.05) is 0 Å². The van der Waals surface area contributed by atoms with Gasteiger partial charge in [0.05, 0.1) is 0 Å². The summed E-state index contributed by atoms with van der Waals surface area (Å²) in [5.41, 5.74) is 2.91. The second-order valence-electron chi connectivity index (χ2n) is 5.63. The normalized spacial score (nSPS) is 16.8. The van der Waals surface area contributed by atoms with Crippen LogP contribution in [-0.4, -0.2) is 18.3 Å². The monoisotopic (exact) mass is 247 g/mol. The van der Waals surface area contributed by atoms with Gasteiger partial charge in [-0.15, -0.1) is 0 Å². The quantitative estimate of drug-likeness (QED) is 0.692. The van der Waals surface area contributed by atoms with E-state index in [-0.39, 0.29) is 0 Å². The maximum absolute atomic E-state index is 8.94. The highest BCUT2D eigenvalue weighted by Crippen LogP contribution is 2.40. The fourth-order valence-electron chi connectivity index (χ4n) is 2.27. The molecule has 1 atom stereocenters. The first-order valence-electron chi connectivity index (χ1n) is 7.20. The number of hydrogen-bond donors (Lipinski definition) is 2. The molecule has 18 heavy (non-hydrogen) atoms. The molecule has 0 radical (unpaired) electrons. The lowest BCUT2D eigenvalue weighted by Gasteiger charge is -2.09. The van der Waals surface area contributed by atoms with Gasteiger partial charge in [-0.05, 0) is 55.2 Å². The van der Waals surface area contributed by atoms with E-state index in [2.05, 4.69) is 36.5 Å². The average molecular weight is 247 g/mol. The third-order valence-corrected chi connectivity index (χ3v) is 3.69. The van der Waals surface area contributed by atoms with Crippen LogP contribution in [0.4, 0.5) is 0 Å². The lowest BCUT2D eigenvalue weighted by atomic mass is 10.1. The van der Waals surface area contributed by atoms with Gasteiger partial charge in [-0.1, -0.05) is 31.2 Å². The second kappa shape index (κ2) is 6.91. The minimum atomic E-state index is 0.309. The van der Waals surface area contributed by atoms with Crippen LogP contribution in [-0.2, 0) is 6.54 Å². The molecule has 1 aromatic carbocycles. The van der Waals surface area contributed by atoms with Crippen molar-refractivity contribution in [1.29, 1.82) is 0 Å². The Bertz CT molecular complexity index is 360. The maximum atomic E-state index is 8.94. The first kappa shape index (κ1) is 13.6. The molecule has 2 heteroatoms. The molecule has 1 fully saturated rings. The molecule has 0 spiro atoms. The summed E-state index contributed by atoms with van der Waals surface area (Å²) in [6.45, 7) is 4.41. The van der Waals surface area contributed by atoms with E-state index < -0.39 is 0 Å². The number of hydrogen-bond acceptors (Lipinski definition) is 2. The van der Waals surface area contributed by atoms with Crippen molar-refractivity contribution in [3.05, 3.63) is 35.4 Å². The lowest BCUT2D eigenvalue weighted by Crippen LogP contribution is -2.16. The minimum Gasteiger partial charge on any atom is -0.396 e. The van der Waals surface area contributed by atoms with Crippen LogP contribution in [0.25, 0.3) is 0 Å². The number of benzene rings is 1. The Morgan fingerprint density at radius 3 is 2.94 bits per heavy atom. The maximum Gasteiger partial charge on any atom is 0.0456 e. The van der Waals surface area contributed by atoms with Crippen LogP contribution in [0.15, 0.2) is 24.3 Å². The van der Waals surface area contributed by atoms with E-state index in [0.29, 0.717) is 12.5 Å². The van der Waals surface area contributed by atoms with Gasteiger partial charge in [-0.25, -0.2) is 0 Å². The van der Waals surface area contributed by atoms with E-state index in [0.717, 1.165) is 31.8 Å². The fraction of sp³-hybridized carbons (Fsp3) is 0.625. The topological polar surface area (TPSA) is 32.3 Å². The van der Waals surface area contributed by atoms with Crippen molar-refractivity contribution >= 4 is 0 Å². The molecule has 0 bridgehead atoms. The van der Waals surface area contributed by atoms with E-state index in [4.69, 9.17) is 5.11 Å². The molecule has 2 rings (SSSR count). The van der Waals surface area contributed by atoms with Gasteiger partial charge in [0.2, 0.25) is 0 Å². The SMILES string of the molecule is CC(CO)CCCNCc1cccc(C2CC2)c1. The molecule has 1 saturated carbocycles. The molecule has 0 aromatic heterocycles. The van der Waals surface area contributed by atoms with Crippen LogP contribution in [0.3, 0.4) is 0 Å². The van der Waals surface area contributed by atoms with E-state index in [1.54, 1.807) is 0 Å². The van der Waals surface area contributed by atoms with Crippen LogP contribution in [0.2, 0.25) is 0 Å². The number of aliphatic hydroxyl groups is 1. The summed E-state index contributed by atoms with van der Waals surface area (Å²) in [6, 6.07) is 8.98. The zero-order valence-corrected chi connectivity index (χ0v) is 11.4. The van der Waals surface area contributed by atoms with Gasteiger partial charge in [0, 0.05) is 13.2 Å². The molecule has 0 aliphatic heterocycles. The number of rotatable bonds is 8. The second-order valence-corrected chi connectivity index (χ2v) is 5.63. The van der Waals surface area contributed by atoms with Crippen molar-refractivity contribution in [3.8, 4) is 0 Å². The van der Waals surface area contributed by atoms with Crippen molar-refractivity contribution in [2.45, 2.75) is 45.1 Å². The molecule has 1 aliphatic rings. The van der Waals surface area contributed by atoms with Gasteiger partial charge < -0.3 is 10.4 Å². The summed E-state index contributed by atoms with van der Waals surface area (Å²) in [7, 11) is 0. The standard InChI is InChI=1S/C16H25NO/c1-13(12-18)4-3-9-17-11-14-5-2-6-16(10-14)15-7-8-15/h2,5-6,10,13,15,17-18H,3-4,7-9,11-12H2,1H3. The van der Waals surface area contributed by atoms with Crippen LogP contribution in [0.1, 0.15) is 49.7 Å². The van der Waals surface area contributed by atoms with Gasteiger partial charge >= 0.3 is 0 Å². The number of nitrogens with one attached hydrogen (secondary N) is 1. The molecule has 1 aromatic rings. The molecule has 1 unspecified atom stereocenters. The summed E-state index contributed by atoms with van der Waals surface area (Å²) in [6.07, 6.45) is 4.99. The third-order valence-electron chi connectivity index (χ3n) is 3.69. The van der Waals surface area contributed by atoms with Gasteiger partial charge in [0.1, 0.15) is 0 Å². The summed E-state index contributed by atoms with van der Waals surface area (Å²) in [5.74, 6) is 1.28. The Morgan fingerprint density at radius 2 is 2.22 bits per heavy atom. The van der Waals surface area contributed by atoms with Crippen LogP contribution in [0, 0.1) is 5.92 Å². The molecular weight excluding hydrogens is 222 g/mol. The van der Waals surface area contributed by atoms with E-state index in [1.165, 1.54) is 24.0 Å². The van der Waals surface area contributed by atoms with Crippen molar-refractivity contribution in [3.63, 3.8) is 0 Å². The minimum absolute atomic E-state index is 0.309. The predicted octanol–water partition coefficient (Wildman–Crippen LogP) is 3.06. The molecule has 0 amide bonds. The smallest absolute Gasteiger partial charge is 0.0456 e. The first-order valence-corrected chi connectivity index (χ1v) is 7.20.